The van der Waals surface area contributed by atoms with Crippen molar-refractivity contribution in [2.75, 3.05) is 26.2 Å². The molecule has 1 aromatic heterocycles. The number of hydrogen-bond donors (Lipinski definition) is 3. The van der Waals surface area contributed by atoms with Gasteiger partial charge in [0.1, 0.15) is 0 Å². The first-order valence-electron chi connectivity index (χ1n) is 7.07. The zero-order valence-electron chi connectivity index (χ0n) is 11.4. The Bertz CT molecular complexity index is 599. The van der Waals surface area contributed by atoms with Gasteiger partial charge in [-0.15, -0.1) is 0 Å². The standard InChI is InChI=1S/C15H20N4S/c16-15(20)14(19-8-3-6-17-7-9-19)12-10-18-13-5-2-1-4-11(12)13/h1-2,4-5,10,14,17-18H,3,6-9H2,(H2,16,20). The zero-order chi connectivity index (χ0) is 13.9. The Balaban J connectivity index is 1.99. The van der Waals surface area contributed by atoms with Crippen LogP contribution in [0.4, 0.5) is 0 Å². The third-order valence-corrected chi connectivity index (χ3v) is 4.15. The van der Waals surface area contributed by atoms with Crippen molar-refractivity contribution < 1.29 is 0 Å². The van der Waals surface area contributed by atoms with Gasteiger partial charge in [-0.2, -0.15) is 0 Å². The molecule has 3 rings (SSSR count). The monoisotopic (exact) mass is 288 g/mol. The van der Waals surface area contributed by atoms with Crippen molar-refractivity contribution >= 4 is 28.1 Å². The molecule has 2 aromatic rings. The first-order valence-corrected chi connectivity index (χ1v) is 7.48. The zero-order valence-corrected chi connectivity index (χ0v) is 12.2. The summed E-state index contributed by atoms with van der Waals surface area (Å²) in [5, 5.41) is 4.63. The van der Waals surface area contributed by atoms with Crippen LogP contribution in [0.3, 0.4) is 0 Å². The van der Waals surface area contributed by atoms with E-state index in [2.05, 4.69) is 33.4 Å². The van der Waals surface area contributed by atoms with Crippen LogP contribution in [0.1, 0.15) is 18.0 Å². The Labute approximate surface area is 124 Å². The number of para-hydroxylation sites is 1. The van der Waals surface area contributed by atoms with E-state index < -0.39 is 0 Å². The van der Waals surface area contributed by atoms with Crippen molar-refractivity contribution in [3.8, 4) is 0 Å². The Kier molecular flexibility index (Phi) is 4.00. The average Bonchev–Trinajstić information content (AvgIpc) is 2.68. The fraction of sp³-hybridized carbons (Fsp3) is 0.400. The van der Waals surface area contributed by atoms with Crippen molar-refractivity contribution in [1.82, 2.24) is 15.2 Å². The minimum atomic E-state index is 0.0149. The Morgan fingerprint density at radius 2 is 2.10 bits per heavy atom. The molecule has 0 aliphatic carbocycles. The lowest BCUT2D eigenvalue weighted by Gasteiger charge is -2.29. The summed E-state index contributed by atoms with van der Waals surface area (Å²) in [6, 6.07) is 8.32. The maximum atomic E-state index is 6.06. The van der Waals surface area contributed by atoms with Crippen LogP contribution in [0.5, 0.6) is 0 Å². The largest absolute Gasteiger partial charge is 0.392 e. The number of aromatic amines is 1. The summed E-state index contributed by atoms with van der Waals surface area (Å²) in [5.41, 5.74) is 8.38. The molecule has 4 N–H and O–H groups in total. The molecule has 4 nitrogen and oxygen atoms in total. The molecule has 106 valence electrons. The highest BCUT2D eigenvalue weighted by Gasteiger charge is 2.25. The lowest BCUT2D eigenvalue weighted by molar-refractivity contribution is 0.263. The van der Waals surface area contributed by atoms with Crippen LogP contribution in [0, 0.1) is 0 Å². The molecule has 1 unspecified atom stereocenters. The average molecular weight is 288 g/mol. The molecule has 1 aliphatic rings. The minimum Gasteiger partial charge on any atom is -0.392 e. The van der Waals surface area contributed by atoms with Gasteiger partial charge in [0.2, 0.25) is 0 Å². The number of nitrogens with zero attached hydrogens (tertiary/aromatic N) is 1. The summed E-state index contributed by atoms with van der Waals surface area (Å²) in [6.45, 7) is 4.05. The maximum absolute atomic E-state index is 6.06. The van der Waals surface area contributed by atoms with E-state index in [1.807, 2.05) is 12.3 Å². The van der Waals surface area contributed by atoms with Gasteiger partial charge in [-0.1, -0.05) is 30.4 Å². The van der Waals surface area contributed by atoms with Crippen LogP contribution < -0.4 is 11.1 Å². The van der Waals surface area contributed by atoms with Crippen LogP contribution in [-0.2, 0) is 0 Å². The second-order valence-corrected chi connectivity index (χ2v) is 5.71. The molecule has 1 aliphatic heterocycles. The van der Waals surface area contributed by atoms with E-state index in [1.54, 1.807) is 0 Å². The molecule has 0 saturated carbocycles. The van der Waals surface area contributed by atoms with Gasteiger partial charge in [0.15, 0.2) is 0 Å². The first kappa shape index (κ1) is 13.5. The number of fused-ring (bicyclic) bond motifs is 1. The summed E-state index contributed by atoms with van der Waals surface area (Å²) >= 11 is 5.35. The van der Waals surface area contributed by atoms with Gasteiger partial charge in [-0.25, -0.2) is 0 Å². The third-order valence-electron chi connectivity index (χ3n) is 3.93. The number of benzene rings is 1. The summed E-state index contributed by atoms with van der Waals surface area (Å²) in [4.78, 5) is 6.26. The van der Waals surface area contributed by atoms with Crippen molar-refractivity contribution in [3.05, 3.63) is 36.0 Å². The number of nitrogens with two attached hydrogens (primary N) is 1. The Hall–Kier alpha value is -1.43. The van der Waals surface area contributed by atoms with Gasteiger partial charge in [0.05, 0.1) is 11.0 Å². The van der Waals surface area contributed by atoms with Crippen LogP contribution in [0.15, 0.2) is 30.5 Å². The summed E-state index contributed by atoms with van der Waals surface area (Å²) in [6.07, 6.45) is 3.17. The van der Waals surface area contributed by atoms with Crippen molar-refractivity contribution in [2.24, 2.45) is 5.73 Å². The van der Waals surface area contributed by atoms with E-state index in [0.29, 0.717) is 4.99 Å². The molecular formula is C15H20N4S. The van der Waals surface area contributed by atoms with Gasteiger partial charge in [0, 0.05) is 42.3 Å². The quantitative estimate of drug-likeness (QED) is 0.754. The summed E-state index contributed by atoms with van der Waals surface area (Å²) < 4.78 is 0. The van der Waals surface area contributed by atoms with Crippen molar-refractivity contribution in [1.29, 1.82) is 0 Å². The highest BCUT2D eigenvalue weighted by atomic mass is 32.1. The predicted octanol–water partition coefficient (Wildman–Crippen LogP) is 1.79. The molecule has 1 saturated heterocycles. The number of H-pyrrole nitrogens is 1. The van der Waals surface area contributed by atoms with Gasteiger partial charge < -0.3 is 16.0 Å². The van der Waals surface area contributed by atoms with E-state index >= 15 is 0 Å². The highest BCUT2D eigenvalue weighted by Crippen LogP contribution is 2.29. The van der Waals surface area contributed by atoms with Crippen LogP contribution >= 0.6 is 12.2 Å². The molecular weight excluding hydrogens is 268 g/mol. The number of nitrogens with one attached hydrogen (secondary N) is 2. The molecule has 0 radical (unpaired) electrons. The number of aromatic nitrogens is 1. The topological polar surface area (TPSA) is 57.1 Å². The molecule has 2 heterocycles. The molecule has 1 fully saturated rings. The predicted molar refractivity (Wildman–Crippen MR) is 86.9 cm³/mol. The summed E-state index contributed by atoms with van der Waals surface area (Å²) in [5.74, 6) is 0. The molecule has 0 spiro atoms. The van der Waals surface area contributed by atoms with E-state index in [0.717, 1.165) is 38.1 Å². The van der Waals surface area contributed by atoms with Crippen molar-refractivity contribution in [2.45, 2.75) is 12.5 Å². The Morgan fingerprint density at radius 1 is 1.25 bits per heavy atom. The van der Waals surface area contributed by atoms with E-state index in [-0.39, 0.29) is 6.04 Å². The van der Waals surface area contributed by atoms with E-state index in [1.165, 1.54) is 10.9 Å². The van der Waals surface area contributed by atoms with E-state index in [4.69, 9.17) is 18.0 Å². The highest BCUT2D eigenvalue weighted by molar-refractivity contribution is 7.80. The van der Waals surface area contributed by atoms with Crippen LogP contribution in [-0.4, -0.2) is 41.1 Å². The van der Waals surface area contributed by atoms with Gasteiger partial charge in [-0.3, -0.25) is 4.90 Å². The normalized spacial score (nSPS) is 18.8. The fourth-order valence-corrected chi connectivity index (χ4v) is 3.25. The van der Waals surface area contributed by atoms with Gasteiger partial charge >= 0.3 is 0 Å². The van der Waals surface area contributed by atoms with Gasteiger partial charge in [-0.05, 0) is 19.0 Å². The lowest BCUT2D eigenvalue weighted by Crippen LogP contribution is -2.38. The molecule has 0 amide bonds. The molecule has 1 aromatic carbocycles. The summed E-state index contributed by atoms with van der Waals surface area (Å²) in [7, 11) is 0. The van der Waals surface area contributed by atoms with Crippen LogP contribution in [0.2, 0.25) is 0 Å². The first-order chi connectivity index (χ1) is 9.77. The number of hydrogen-bond acceptors (Lipinski definition) is 3. The van der Waals surface area contributed by atoms with E-state index in [9.17, 15) is 0 Å². The second kappa shape index (κ2) is 5.91. The third kappa shape index (κ3) is 2.57. The molecule has 20 heavy (non-hydrogen) atoms. The second-order valence-electron chi connectivity index (χ2n) is 5.23. The maximum Gasteiger partial charge on any atom is 0.0949 e. The van der Waals surface area contributed by atoms with Crippen LogP contribution in [0.25, 0.3) is 10.9 Å². The van der Waals surface area contributed by atoms with Crippen molar-refractivity contribution in [3.63, 3.8) is 0 Å². The fourth-order valence-electron chi connectivity index (χ4n) is 2.97. The van der Waals surface area contributed by atoms with Gasteiger partial charge in [0.25, 0.3) is 0 Å². The molecule has 5 heteroatoms. The number of thiocarbonyl (C=S) groups is 1. The molecule has 0 bridgehead atoms. The Morgan fingerprint density at radius 3 is 2.95 bits per heavy atom. The minimum absolute atomic E-state index is 0.0149. The smallest absolute Gasteiger partial charge is 0.0949 e. The molecule has 1 atom stereocenters. The SMILES string of the molecule is NC(=S)C(c1c[nH]c2ccccc12)N1CCCNCC1. The number of rotatable bonds is 3. The lowest BCUT2D eigenvalue weighted by atomic mass is 10.0.